The van der Waals surface area contributed by atoms with Gasteiger partial charge in [-0.3, -0.25) is 10.1 Å². The summed E-state index contributed by atoms with van der Waals surface area (Å²) >= 11 is 0. The van der Waals surface area contributed by atoms with Crippen molar-refractivity contribution in [3.05, 3.63) is 23.8 Å². The van der Waals surface area contributed by atoms with Crippen molar-refractivity contribution < 1.29 is 14.3 Å². The third-order valence-corrected chi connectivity index (χ3v) is 3.17. The third kappa shape index (κ3) is 3.40. The first-order chi connectivity index (χ1) is 9.60. The van der Waals surface area contributed by atoms with E-state index < -0.39 is 18.0 Å². The first kappa shape index (κ1) is 14.2. The fraction of sp³-hybridized carbons (Fsp3) is 0.429. The number of ether oxygens (including phenoxy) is 1. The van der Waals surface area contributed by atoms with Crippen molar-refractivity contribution in [1.82, 2.24) is 10.6 Å². The highest BCUT2D eigenvalue weighted by Gasteiger charge is 2.17. The van der Waals surface area contributed by atoms with Crippen LogP contribution in [0.1, 0.15) is 18.9 Å². The lowest BCUT2D eigenvalue weighted by Gasteiger charge is -2.20. The molecule has 1 aromatic carbocycles. The van der Waals surface area contributed by atoms with Crippen molar-refractivity contribution >= 4 is 17.6 Å². The van der Waals surface area contributed by atoms with Crippen LogP contribution >= 0.6 is 0 Å². The highest BCUT2D eigenvalue weighted by Crippen LogP contribution is 2.27. The number of urea groups is 1. The van der Waals surface area contributed by atoms with Crippen LogP contribution in [0, 0.1) is 0 Å². The van der Waals surface area contributed by atoms with E-state index >= 15 is 0 Å². The summed E-state index contributed by atoms with van der Waals surface area (Å²) in [6.07, 6.45) is 1.43. The molecule has 20 heavy (non-hydrogen) atoms. The van der Waals surface area contributed by atoms with Crippen molar-refractivity contribution in [2.75, 3.05) is 18.9 Å². The van der Waals surface area contributed by atoms with Gasteiger partial charge < -0.3 is 15.4 Å². The molecule has 1 atom stereocenters. The number of anilines is 1. The molecule has 2 rings (SSSR count). The van der Waals surface area contributed by atoms with Gasteiger partial charge in [0.2, 0.25) is 0 Å². The number of aryl methyl sites for hydroxylation is 1. The van der Waals surface area contributed by atoms with Gasteiger partial charge in [0.25, 0.3) is 5.91 Å². The summed E-state index contributed by atoms with van der Waals surface area (Å²) in [4.78, 5) is 22.8. The van der Waals surface area contributed by atoms with E-state index in [0.717, 1.165) is 25.1 Å². The predicted molar refractivity (Wildman–Crippen MR) is 75.9 cm³/mol. The van der Waals surface area contributed by atoms with E-state index in [2.05, 4.69) is 16.0 Å². The average molecular weight is 277 g/mol. The zero-order valence-corrected chi connectivity index (χ0v) is 11.7. The minimum atomic E-state index is -0.742. The maximum Gasteiger partial charge on any atom is 0.321 e. The van der Waals surface area contributed by atoms with Gasteiger partial charge in [0.15, 0.2) is 6.10 Å². The molecule has 6 nitrogen and oxygen atoms in total. The molecule has 0 aromatic heterocycles. The summed E-state index contributed by atoms with van der Waals surface area (Å²) in [6.45, 7) is 2.55. The smallest absolute Gasteiger partial charge is 0.321 e. The SMILES string of the molecule is CNC(=O)NC(=O)C(C)Oc1ccc2c(c1)NCCC2. The summed E-state index contributed by atoms with van der Waals surface area (Å²) < 4.78 is 5.56. The second kappa shape index (κ2) is 6.27. The van der Waals surface area contributed by atoms with Gasteiger partial charge in [0, 0.05) is 25.3 Å². The summed E-state index contributed by atoms with van der Waals surface area (Å²) in [7, 11) is 1.45. The van der Waals surface area contributed by atoms with E-state index in [-0.39, 0.29) is 0 Å². The molecule has 0 fully saturated rings. The maximum absolute atomic E-state index is 11.7. The Morgan fingerprint density at radius 1 is 1.40 bits per heavy atom. The number of nitrogens with one attached hydrogen (secondary N) is 3. The first-order valence-electron chi connectivity index (χ1n) is 6.66. The van der Waals surface area contributed by atoms with Crippen LogP contribution in [0.15, 0.2) is 18.2 Å². The number of amides is 3. The number of carbonyl (C=O) groups is 2. The second-order valence-electron chi connectivity index (χ2n) is 4.68. The van der Waals surface area contributed by atoms with Crippen LogP contribution < -0.4 is 20.7 Å². The Balaban J connectivity index is 1.99. The average Bonchev–Trinajstić information content (AvgIpc) is 2.46. The zero-order chi connectivity index (χ0) is 14.5. The Hall–Kier alpha value is -2.24. The summed E-state index contributed by atoms with van der Waals surface area (Å²) in [5.74, 6) is 0.132. The van der Waals surface area contributed by atoms with Crippen LogP contribution in [0.3, 0.4) is 0 Å². The standard InChI is InChI=1S/C14H19N3O3/c1-9(13(18)17-14(19)15-2)20-11-6-5-10-4-3-7-16-12(10)8-11/h5-6,8-9,16H,3-4,7H2,1-2H3,(H2,15,17,18,19). The van der Waals surface area contributed by atoms with Crippen molar-refractivity contribution in [3.8, 4) is 5.75 Å². The molecule has 0 radical (unpaired) electrons. The van der Waals surface area contributed by atoms with Crippen molar-refractivity contribution in [1.29, 1.82) is 0 Å². The highest BCUT2D eigenvalue weighted by molar-refractivity contribution is 5.96. The van der Waals surface area contributed by atoms with Gasteiger partial charge in [-0.15, -0.1) is 0 Å². The molecular formula is C14H19N3O3. The minimum Gasteiger partial charge on any atom is -0.481 e. The van der Waals surface area contributed by atoms with Gasteiger partial charge in [-0.2, -0.15) is 0 Å². The minimum absolute atomic E-state index is 0.477. The highest BCUT2D eigenvalue weighted by atomic mass is 16.5. The number of carbonyl (C=O) groups excluding carboxylic acids is 2. The van der Waals surface area contributed by atoms with Crippen molar-refractivity contribution in [2.45, 2.75) is 25.9 Å². The van der Waals surface area contributed by atoms with E-state index in [9.17, 15) is 9.59 Å². The summed E-state index contributed by atoms with van der Waals surface area (Å²) in [5.41, 5.74) is 2.30. The quantitative estimate of drug-likeness (QED) is 0.777. The molecule has 0 bridgehead atoms. The largest absolute Gasteiger partial charge is 0.481 e. The third-order valence-electron chi connectivity index (χ3n) is 3.17. The molecule has 1 heterocycles. The number of hydrogen-bond donors (Lipinski definition) is 3. The molecule has 0 aliphatic carbocycles. The summed E-state index contributed by atoms with van der Waals surface area (Å²) in [6, 6.07) is 5.19. The van der Waals surface area contributed by atoms with Crippen LogP contribution in [0.25, 0.3) is 0 Å². The molecule has 0 spiro atoms. The molecule has 108 valence electrons. The lowest BCUT2D eigenvalue weighted by Crippen LogP contribution is -2.43. The topological polar surface area (TPSA) is 79.5 Å². The van der Waals surface area contributed by atoms with E-state index in [1.165, 1.54) is 12.6 Å². The van der Waals surface area contributed by atoms with Gasteiger partial charge in [0.05, 0.1) is 0 Å². The lowest BCUT2D eigenvalue weighted by molar-refractivity contribution is -0.126. The van der Waals surface area contributed by atoms with Crippen LogP contribution in [0.4, 0.5) is 10.5 Å². The van der Waals surface area contributed by atoms with Crippen molar-refractivity contribution in [2.24, 2.45) is 0 Å². The van der Waals surface area contributed by atoms with E-state index in [1.54, 1.807) is 6.92 Å². The summed E-state index contributed by atoms with van der Waals surface area (Å²) in [5, 5.41) is 7.80. The molecule has 1 aromatic rings. The number of rotatable bonds is 3. The Kier molecular flexibility index (Phi) is 4.45. The van der Waals surface area contributed by atoms with Crippen LogP contribution in [-0.4, -0.2) is 31.6 Å². The van der Waals surface area contributed by atoms with E-state index in [0.29, 0.717) is 5.75 Å². The Labute approximate surface area is 117 Å². The van der Waals surface area contributed by atoms with E-state index in [1.807, 2.05) is 18.2 Å². The number of hydrogen-bond acceptors (Lipinski definition) is 4. The molecule has 1 aliphatic rings. The van der Waals surface area contributed by atoms with Crippen LogP contribution in [0.5, 0.6) is 5.75 Å². The first-order valence-corrected chi connectivity index (χ1v) is 6.66. The second-order valence-corrected chi connectivity index (χ2v) is 4.68. The van der Waals surface area contributed by atoms with Gasteiger partial charge >= 0.3 is 6.03 Å². The number of fused-ring (bicyclic) bond motifs is 1. The normalized spacial score (nSPS) is 14.5. The molecule has 3 amide bonds. The Morgan fingerprint density at radius 2 is 2.20 bits per heavy atom. The van der Waals surface area contributed by atoms with Gasteiger partial charge in [0.1, 0.15) is 5.75 Å². The van der Waals surface area contributed by atoms with Crippen LogP contribution in [-0.2, 0) is 11.2 Å². The molecule has 6 heteroatoms. The Bertz CT molecular complexity index is 516. The van der Waals surface area contributed by atoms with Crippen molar-refractivity contribution in [3.63, 3.8) is 0 Å². The van der Waals surface area contributed by atoms with E-state index in [4.69, 9.17) is 4.74 Å². The molecule has 1 aliphatic heterocycles. The predicted octanol–water partition coefficient (Wildman–Crippen LogP) is 1.27. The molecular weight excluding hydrogens is 258 g/mol. The molecule has 0 saturated carbocycles. The molecule has 0 saturated heterocycles. The van der Waals surface area contributed by atoms with Gasteiger partial charge in [-0.1, -0.05) is 6.07 Å². The van der Waals surface area contributed by atoms with Gasteiger partial charge in [-0.25, -0.2) is 4.79 Å². The number of imide groups is 1. The molecule has 3 N–H and O–H groups in total. The van der Waals surface area contributed by atoms with Crippen LogP contribution in [0.2, 0.25) is 0 Å². The fourth-order valence-corrected chi connectivity index (χ4v) is 2.05. The molecule has 1 unspecified atom stereocenters. The fourth-order valence-electron chi connectivity index (χ4n) is 2.05. The van der Waals surface area contributed by atoms with Gasteiger partial charge in [-0.05, 0) is 31.4 Å². The zero-order valence-electron chi connectivity index (χ0n) is 11.7. The number of benzene rings is 1. The Morgan fingerprint density at radius 3 is 2.95 bits per heavy atom. The lowest BCUT2D eigenvalue weighted by atomic mass is 10.0. The maximum atomic E-state index is 11.7. The monoisotopic (exact) mass is 277 g/mol.